The van der Waals surface area contributed by atoms with Gasteiger partial charge in [0.05, 0.1) is 9.95 Å². The summed E-state index contributed by atoms with van der Waals surface area (Å²) in [6, 6.07) is 18.7. The molecule has 0 amide bonds. The van der Waals surface area contributed by atoms with Crippen LogP contribution >= 0.6 is 11.6 Å². The second kappa shape index (κ2) is 9.83. The summed E-state index contributed by atoms with van der Waals surface area (Å²) in [6.07, 6.45) is 1.76. The van der Waals surface area contributed by atoms with Gasteiger partial charge in [0.1, 0.15) is 12.4 Å². The van der Waals surface area contributed by atoms with Gasteiger partial charge in [0, 0.05) is 49.0 Å². The molecular weight excluding hydrogens is 512 g/mol. The monoisotopic (exact) mass is 534 g/mol. The molecule has 0 spiro atoms. The Morgan fingerprint density at radius 1 is 1.05 bits per heavy atom. The molecule has 1 aliphatic heterocycles. The Morgan fingerprint density at radius 2 is 1.79 bits per heavy atom. The van der Waals surface area contributed by atoms with E-state index in [1.54, 1.807) is 36.5 Å². The summed E-state index contributed by atoms with van der Waals surface area (Å²) in [5, 5.41) is 12.1. The number of non-ortho nitro benzene ring substituents is 1. The minimum atomic E-state index is -1.36. The van der Waals surface area contributed by atoms with E-state index in [0.29, 0.717) is 22.4 Å². The molecule has 0 aliphatic carbocycles. The average Bonchev–Trinajstić information content (AvgIpc) is 3.29. The van der Waals surface area contributed by atoms with Crippen molar-refractivity contribution in [1.82, 2.24) is 4.98 Å². The van der Waals surface area contributed by atoms with E-state index in [1.807, 2.05) is 24.3 Å². The number of hydrogen-bond donors (Lipinski definition) is 1. The number of aromatic amines is 1. The number of fused-ring (bicyclic) bond motifs is 1. The second-order valence-corrected chi connectivity index (χ2v) is 9.80. The maximum Gasteiger partial charge on any atom is 0.324 e. The number of carbonyl (C=O) groups excluding carboxylic acids is 2. The van der Waals surface area contributed by atoms with Gasteiger partial charge >= 0.3 is 11.9 Å². The van der Waals surface area contributed by atoms with Gasteiger partial charge in [-0.2, -0.15) is 0 Å². The van der Waals surface area contributed by atoms with Crippen molar-refractivity contribution in [3.8, 4) is 5.75 Å². The highest BCUT2D eigenvalue weighted by atomic mass is 35.5. The molecule has 1 aromatic heterocycles. The van der Waals surface area contributed by atoms with Crippen molar-refractivity contribution in [3.05, 3.63) is 105 Å². The Morgan fingerprint density at radius 3 is 2.50 bits per heavy atom. The summed E-state index contributed by atoms with van der Waals surface area (Å²) in [7, 11) is 0. The van der Waals surface area contributed by atoms with Crippen LogP contribution in [0.15, 0.2) is 72.9 Å². The first kappa shape index (κ1) is 25.3. The Bertz CT molecular complexity index is 1540. The highest BCUT2D eigenvalue weighted by Crippen LogP contribution is 2.42. The molecular formula is C28H23ClN2O7. The number of cyclic esters (lactones) is 2. The van der Waals surface area contributed by atoms with E-state index >= 15 is 0 Å². The topological polar surface area (TPSA) is 121 Å². The van der Waals surface area contributed by atoms with Gasteiger partial charge in [-0.15, -0.1) is 0 Å². The number of esters is 2. The number of nitro groups is 1. The van der Waals surface area contributed by atoms with Crippen LogP contribution in [-0.4, -0.2) is 27.6 Å². The van der Waals surface area contributed by atoms with E-state index in [-0.39, 0.29) is 17.3 Å². The van der Waals surface area contributed by atoms with Crippen LogP contribution in [-0.2, 0) is 25.7 Å². The number of nitrogens with one attached hydrogen (secondary N) is 1. The number of benzene rings is 3. The van der Waals surface area contributed by atoms with Gasteiger partial charge in [0.25, 0.3) is 11.5 Å². The summed E-state index contributed by atoms with van der Waals surface area (Å²) < 4.78 is 16.7. The van der Waals surface area contributed by atoms with Gasteiger partial charge in [-0.25, -0.2) is 0 Å². The van der Waals surface area contributed by atoms with Gasteiger partial charge in [0.15, 0.2) is 5.92 Å². The van der Waals surface area contributed by atoms with E-state index in [9.17, 15) is 19.7 Å². The Labute approximate surface area is 222 Å². The third kappa shape index (κ3) is 4.92. The minimum Gasteiger partial charge on any atom is -0.487 e. The molecule has 5 rings (SSSR count). The molecule has 38 heavy (non-hydrogen) atoms. The molecule has 2 heterocycles. The first-order chi connectivity index (χ1) is 18.1. The van der Waals surface area contributed by atoms with Gasteiger partial charge in [-0.05, 0) is 34.9 Å². The van der Waals surface area contributed by atoms with Crippen molar-refractivity contribution < 1.29 is 28.7 Å². The molecule has 0 unspecified atom stereocenters. The number of carbonyl (C=O) groups is 2. The number of aromatic nitrogens is 1. The molecule has 0 saturated carbocycles. The number of rotatable bonds is 7. The quantitative estimate of drug-likeness (QED) is 0.136. The van der Waals surface area contributed by atoms with Crippen LogP contribution in [0.4, 0.5) is 5.69 Å². The van der Waals surface area contributed by atoms with Gasteiger partial charge in [0.2, 0.25) is 0 Å². The Kier molecular flexibility index (Phi) is 6.54. The summed E-state index contributed by atoms with van der Waals surface area (Å²) in [5.41, 5.74) is 2.70. The molecule has 9 nitrogen and oxygen atoms in total. The average molecular weight is 535 g/mol. The predicted octanol–water partition coefficient (Wildman–Crippen LogP) is 5.89. The molecule has 194 valence electrons. The van der Waals surface area contributed by atoms with Crippen molar-refractivity contribution in [2.45, 2.75) is 32.2 Å². The molecule has 1 saturated heterocycles. The third-order valence-electron chi connectivity index (χ3n) is 6.32. The van der Waals surface area contributed by atoms with Gasteiger partial charge in [-0.1, -0.05) is 48.0 Å². The van der Waals surface area contributed by atoms with Crippen molar-refractivity contribution in [2.24, 2.45) is 5.92 Å². The fourth-order valence-electron chi connectivity index (χ4n) is 4.65. The summed E-state index contributed by atoms with van der Waals surface area (Å²) in [4.78, 5) is 40.0. The van der Waals surface area contributed by atoms with Crippen LogP contribution in [0.1, 0.15) is 36.5 Å². The number of nitro benzene ring substituents is 1. The smallest absolute Gasteiger partial charge is 0.324 e. The maximum absolute atomic E-state index is 13.1. The van der Waals surface area contributed by atoms with Crippen molar-refractivity contribution in [2.75, 3.05) is 0 Å². The van der Waals surface area contributed by atoms with E-state index in [1.165, 1.54) is 26.0 Å². The molecule has 10 heteroatoms. The zero-order chi connectivity index (χ0) is 27.0. The highest BCUT2D eigenvalue weighted by molar-refractivity contribution is 6.32. The third-order valence-corrected chi connectivity index (χ3v) is 6.62. The maximum atomic E-state index is 13.1. The Hall–Kier alpha value is -4.37. The minimum absolute atomic E-state index is 0.0384. The number of para-hydroxylation sites is 1. The van der Waals surface area contributed by atoms with Crippen LogP contribution < -0.4 is 4.74 Å². The van der Waals surface area contributed by atoms with Crippen molar-refractivity contribution in [3.63, 3.8) is 0 Å². The second-order valence-electron chi connectivity index (χ2n) is 9.39. The van der Waals surface area contributed by atoms with E-state index < -0.39 is 34.5 Å². The van der Waals surface area contributed by atoms with E-state index in [2.05, 4.69) is 4.98 Å². The molecule has 1 aliphatic rings. The fraction of sp³-hybridized carbons (Fsp3) is 0.214. The SMILES string of the molecule is CC1(C)OC(=O)C([C@H](c2ccc(OCc3cccc([N+](=O)[O-])c3)c(Cl)c2)c2c[nH]c3ccccc23)C(=O)O1. The van der Waals surface area contributed by atoms with Crippen molar-refractivity contribution in [1.29, 1.82) is 0 Å². The van der Waals surface area contributed by atoms with Crippen LogP contribution in [0.3, 0.4) is 0 Å². The van der Waals surface area contributed by atoms with Gasteiger partial charge < -0.3 is 19.2 Å². The summed E-state index contributed by atoms with van der Waals surface area (Å²) >= 11 is 6.58. The lowest BCUT2D eigenvalue weighted by atomic mass is 9.80. The zero-order valence-corrected chi connectivity index (χ0v) is 21.2. The molecule has 0 bridgehead atoms. The zero-order valence-electron chi connectivity index (χ0n) is 20.5. The molecule has 0 radical (unpaired) electrons. The predicted molar refractivity (Wildman–Crippen MR) is 139 cm³/mol. The first-order valence-electron chi connectivity index (χ1n) is 11.8. The molecule has 1 atom stereocenters. The lowest BCUT2D eigenvalue weighted by Gasteiger charge is -2.36. The van der Waals surface area contributed by atoms with E-state index in [4.69, 9.17) is 25.8 Å². The number of nitrogens with zero attached hydrogens (tertiary/aromatic N) is 1. The number of halogens is 1. The van der Waals surface area contributed by atoms with Crippen LogP contribution in [0.5, 0.6) is 5.75 Å². The van der Waals surface area contributed by atoms with Gasteiger partial charge in [-0.3, -0.25) is 19.7 Å². The standard InChI is InChI=1S/C28H23ClN2O7/c1-28(2)37-26(32)25(27(33)38-28)24(20-14-30-22-9-4-3-8-19(20)22)17-10-11-23(21(29)13-17)36-15-16-6-5-7-18(12-16)31(34)35/h3-14,24-25,30H,15H2,1-2H3/t24-/m1/s1. The normalized spacial score (nSPS) is 16.1. The van der Waals surface area contributed by atoms with Crippen LogP contribution in [0, 0.1) is 16.0 Å². The molecule has 4 aromatic rings. The van der Waals surface area contributed by atoms with E-state index in [0.717, 1.165) is 10.9 Å². The summed E-state index contributed by atoms with van der Waals surface area (Å²) in [5.74, 6) is -4.42. The fourth-order valence-corrected chi connectivity index (χ4v) is 4.90. The molecule has 3 aromatic carbocycles. The number of H-pyrrole nitrogens is 1. The van der Waals surface area contributed by atoms with Crippen LogP contribution in [0.2, 0.25) is 5.02 Å². The number of ether oxygens (including phenoxy) is 3. The largest absolute Gasteiger partial charge is 0.487 e. The summed E-state index contributed by atoms with van der Waals surface area (Å²) in [6.45, 7) is 3.07. The lowest BCUT2D eigenvalue weighted by molar-refractivity contribution is -0.384. The highest BCUT2D eigenvalue weighted by Gasteiger charge is 2.48. The van der Waals surface area contributed by atoms with Crippen molar-refractivity contribution >= 4 is 40.1 Å². The molecule has 1 N–H and O–H groups in total. The lowest BCUT2D eigenvalue weighted by Crippen LogP contribution is -2.48. The van der Waals surface area contributed by atoms with Crippen LogP contribution in [0.25, 0.3) is 10.9 Å². The first-order valence-corrected chi connectivity index (χ1v) is 12.2. The molecule has 1 fully saturated rings. The Balaban J connectivity index is 1.50. The number of hydrogen-bond acceptors (Lipinski definition) is 7.